The van der Waals surface area contributed by atoms with E-state index in [1.54, 1.807) is 14.2 Å². The van der Waals surface area contributed by atoms with Gasteiger partial charge in [-0.25, -0.2) is 0 Å². The largest absolute Gasteiger partial charge is 0.493 e. The van der Waals surface area contributed by atoms with Gasteiger partial charge in [0.1, 0.15) is 18.1 Å². The van der Waals surface area contributed by atoms with Crippen molar-refractivity contribution in [2.75, 3.05) is 41.5 Å². The molecule has 1 aliphatic rings. The summed E-state index contributed by atoms with van der Waals surface area (Å²) in [6, 6.07) is 9.91. The summed E-state index contributed by atoms with van der Waals surface area (Å²) in [6.07, 6.45) is 6.35. The Balaban J connectivity index is 0.00000342. The van der Waals surface area contributed by atoms with E-state index in [0.29, 0.717) is 30.2 Å². The Morgan fingerprint density at radius 2 is 1.77 bits per heavy atom. The highest BCUT2D eigenvalue weighted by Gasteiger charge is 2.33. The Hall–Kier alpha value is -3.34. The van der Waals surface area contributed by atoms with Crippen molar-refractivity contribution in [3.05, 3.63) is 41.5 Å². The molecule has 1 aliphatic carbocycles. The first kappa shape index (κ1) is 26.3. The van der Waals surface area contributed by atoms with E-state index in [0.717, 1.165) is 45.6 Å². The summed E-state index contributed by atoms with van der Waals surface area (Å²) in [5, 5.41) is 5.59. The monoisotopic (exact) mass is 497 g/mol. The van der Waals surface area contributed by atoms with Crippen molar-refractivity contribution in [2.24, 2.45) is 5.16 Å². The maximum absolute atomic E-state index is 6.00. The van der Waals surface area contributed by atoms with Crippen molar-refractivity contribution in [1.29, 1.82) is 0 Å². The summed E-state index contributed by atoms with van der Waals surface area (Å²) >= 11 is 0. The fourth-order valence-corrected chi connectivity index (χ4v) is 3.91. The number of benzene rings is 2. The van der Waals surface area contributed by atoms with Crippen molar-refractivity contribution < 1.29 is 19.0 Å². The highest BCUT2D eigenvalue weighted by atomic mass is 35.5. The van der Waals surface area contributed by atoms with Gasteiger partial charge in [0.25, 0.3) is 0 Å². The Kier molecular flexibility index (Phi) is 7.89. The van der Waals surface area contributed by atoms with Crippen LogP contribution in [0.15, 0.2) is 35.5 Å². The molecule has 2 aromatic carbocycles. The molecule has 0 amide bonds. The van der Waals surface area contributed by atoms with E-state index in [9.17, 15) is 0 Å². The Morgan fingerprint density at radius 1 is 1.09 bits per heavy atom. The molecule has 0 radical (unpaired) electrons. The Bertz CT molecular complexity index is 1290. The number of rotatable bonds is 9. The van der Waals surface area contributed by atoms with Gasteiger partial charge in [-0.3, -0.25) is 0 Å². The molecule has 0 aliphatic heterocycles. The number of likely N-dealkylation sites (N-methyl/N-ethyl adjacent to an activating group) is 1. The van der Waals surface area contributed by atoms with Gasteiger partial charge in [0.15, 0.2) is 17.1 Å². The van der Waals surface area contributed by atoms with Crippen LogP contribution >= 0.6 is 12.4 Å². The van der Waals surface area contributed by atoms with Crippen LogP contribution in [0.2, 0.25) is 0 Å². The number of terminal acetylenes is 1. The molecule has 186 valence electrons. The van der Waals surface area contributed by atoms with Crippen LogP contribution in [-0.2, 0) is 4.84 Å². The first-order valence-electron chi connectivity index (χ1n) is 11.3. The van der Waals surface area contributed by atoms with Crippen LogP contribution in [0.25, 0.3) is 22.2 Å². The van der Waals surface area contributed by atoms with Crippen LogP contribution in [-0.4, -0.2) is 62.7 Å². The van der Waals surface area contributed by atoms with E-state index in [1.807, 2.05) is 58.3 Å². The third kappa shape index (κ3) is 4.90. The Morgan fingerprint density at radius 3 is 2.37 bits per heavy atom. The molecule has 0 spiro atoms. The summed E-state index contributed by atoms with van der Waals surface area (Å²) in [5.74, 6) is 4.76. The number of hydrogen-bond donors (Lipinski definition) is 1. The molecular weight excluding hydrogens is 466 g/mol. The van der Waals surface area contributed by atoms with Crippen molar-refractivity contribution in [2.45, 2.75) is 25.9 Å². The molecule has 0 bridgehead atoms. The number of ether oxygens (including phenoxy) is 3. The standard InChI is InChI=1S/C27H31N3O4.ClH/c1-8-27(3,9-2)34-29-26-19-16-23(32-7)22(31-6)15-18(19)25-24(26)20-14-17(10-11-21(20)28-25)33-13-12-30(4)5;/h1,10-11,14-16,28H,9,12-13H2,2-7H3;1H/b29-26-;. The highest BCUT2D eigenvalue weighted by molar-refractivity contribution is 6.30. The molecule has 0 saturated heterocycles. The van der Waals surface area contributed by atoms with Gasteiger partial charge in [0.2, 0.25) is 0 Å². The lowest BCUT2D eigenvalue weighted by Crippen LogP contribution is -2.23. The first-order valence-corrected chi connectivity index (χ1v) is 11.3. The lowest BCUT2D eigenvalue weighted by atomic mass is 10.0. The average Bonchev–Trinajstić information content (AvgIpc) is 3.35. The smallest absolute Gasteiger partial charge is 0.194 e. The van der Waals surface area contributed by atoms with E-state index in [4.69, 9.17) is 25.5 Å². The predicted octanol–water partition coefficient (Wildman–Crippen LogP) is 5.10. The minimum Gasteiger partial charge on any atom is -0.493 e. The van der Waals surface area contributed by atoms with Crippen molar-refractivity contribution >= 4 is 29.0 Å². The van der Waals surface area contributed by atoms with Crippen LogP contribution in [0.4, 0.5) is 0 Å². The number of oxime groups is 1. The van der Waals surface area contributed by atoms with Crippen molar-refractivity contribution in [3.8, 4) is 40.8 Å². The Labute approximate surface area is 212 Å². The second-order valence-electron chi connectivity index (χ2n) is 8.75. The minimum atomic E-state index is -0.807. The van der Waals surface area contributed by atoms with Gasteiger partial charge >= 0.3 is 0 Å². The van der Waals surface area contributed by atoms with Gasteiger partial charge in [-0.15, -0.1) is 18.8 Å². The van der Waals surface area contributed by atoms with Gasteiger partial charge in [0, 0.05) is 34.1 Å². The number of fused-ring (bicyclic) bond motifs is 5. The molecule has 1 unspecified atom stereocenters. The third-order valence-electron chi connectivity index (χ3n) is 6.18. The SMILES string of the molecule is C#CC(C)(CC)O/N=C1/c2cc(OC)c(OC)cc2-c2[nH]c3ccc(OCCN(C)C)cc3c21.Cl. The number of aromatic amines is 1. The normalized spacial score (nSPS) is 14.6. The zero-order valence-corrected chi connectivity index (χ0v) is 21.8. The van der Waals surface area contributed by atoms with Crippen LogP contribution in [0.3, 0.4) is 0 Å². The van der Waals surface area contributed by atoms with Crippen LogP contribution in [0.5, 0.6) is 17.2 Å². The average molecular weight is 498 g/mol. The quantitative estimate of drug-likeness (QED) is 0.257. The van der Waals surface area contributed by atoms with Gasteiger partial charge in [-0.05, 0) is 57.8 Å². The maximum atomic E-state index is 6.00. The summed E-state index contributed by atoms with van der Waals surface area (Å²) < 4.78 is 17.1. The summed E-state index contributed by atoms with van der Waals surface area (Å²) in [4.78, 5) is 11.6. The first-order chi connectivity index (χ1) is 16.3. The predicted molar refractivity (Wildman–Crippen MR) is 142 cm³/mol. The molecule has 7 nitrogen and oxygen atoms in total. The molecule has 1 heterocycles. The fraction of sp³-hybridized carbons (Fsp3) is 0.370. The van der Waals surface area contributed by atoms with E-state index in [1.165, 1.54) is 0 Å². The van der Waals surface area contributed by atoms with Crippen LogP contribution < -0.4 is 14.2 Å². The minimum absolute atomic E-state index is 0. The fourth-order valence-electron chi connectivity index (χ4n) is 3.91. The van der Waals surface area contributed by atoms with Crippen LogP contribution in [0, 0.1) is 12.3 Å². The highest BCUT2D eigenvalue weighted by Crippen LogP contribution is 2.46. The molecule has 1 N–H and O–H groups in total. The van der Waals surface area contributed by atoms with E-state index in [-0.39, 0.29) is 12.4 Å². The molecular formula is C27H32ClN3O4. The third-order valence-corrected chi connectivity index (χ3v) is 6.18. The number of nitrogens with zero attached hydrogens (tertiary/aromatic N) is 2. The molecule has 4 rings (SSSR count). The molecule has 3 aromatic rings. The van der Waals surface area contributed by atoms with Gasteiger partial charge in [-0.1, -0.05) is 18.0 Å². The van der Waals surface area contributed by atoms with E-state index < -0.39 is 5.60 Å². The molecule has 1 atom stereocenters. The zero-order valence-electron chi connectivity index (χ0n) is 21.0. The molecule has 0 fully saturated rings. The van der Waals surface area contributed by atoms with Crippen molar-refractivity contribution in [3.63, 3.8) is 0 Å². The second kappa shape index (κ2) is 10.5. The number of H-pyrrole nitrogens is 1. The molecule has 8 heteroatoms. The number of methoxy groups -OCH3 is 2. The topological polar surface area (TPSA) is 68.3 Å². The second-order valence-corrected chi connectivity index (χ2v) is 8.75. The summed E-state index contributed by atoms with van der Waals surface area (Å²) in [7, 11) is 7.29. The molecule has 35 heavy (non-hydrogen) atoms. The number of aromatic nitrogens is 1. The zero-order chi connectivity index (χ0) is 24.5. The van der Waals surface area contributed by atoms with Crippen molar-refractivity contribution in [1.82, 2.24) is 9.88 Å². The number of nitrogens with one attached hydrogen (secondary N) is 1. The van der Waals surface area contributed by atoms with E-state index in [2.05, 4.69) is 21.0 Å². The lowest BCUT2D eigenvalue weighted by molar-refractivity contribution is 0.0150. The lowest BCUT2D eigenvalue weighted by Gasteiger charge is -2.19. The summed E-state index contributed by atoms with van der Waals surface area (Å²) in [6.45, 7) is 5.26. The maximum Gasteiger partial charge on any atom is 0.194 e. The van der Waals surface area contributed by atoms with Gasteiger partial charge in [-0.2, -0.15) is 0 Å². The van der Waals surface area contributed by atoms with Gasteiger partial charge in [0.05, 0.1) is 19.9 Å². The molecule has 1 aromatic heterocycles. The molecule has 0 saturated carbocycles. The van der Waals surface area contributed by atoms with Gasteiger partial charge < -0.3 is 28.9 Å². The summed E-state index contributed by atoms with van der Waals surface area (Å²) in [5.41, 5.74) is 4.59. The van der Waals surface area contributed by atoms with Crippen LogP contribution in [0.1, 0.15) is 31.4 Å². The number of hydrogen-bond acceptors (Lipinski definition) is 6. The number of halogens is 1. The van der Waals surface area contributed by atoms with E-state index >= 15 is 0 Å².